The van der Waals surface area contributed by atoms with Crippen molar-refractivity contribution in [3.05, 3.63) is 42.0 Å². The summed E-state index contributed by atoms with van der Waals surface area (Å²) in [5.41, 5.74) is 1.18. The van der Waals surface area contributed by atoms with E-state index in [0.717, 1.165) is 30.6 Å². The summed E-state index contributed by atoms with van der Waals surface area (Å²) in [5, 5.41) is 10.7. The number of para-hydroxylation sites is 1. The summed E-state index contributed by atoms with van der Waals surface area (Å²) in [6.07, 6.45) is 1.54. The third-order valence-corrected chi connectivity index (χ3v) is 3.77. The lowest BCUT2D eigenvalue weighted by Gasteiger charge is -2.18. The largest absolute Gasteiger partial charge is 0.496 e. The fraction of sp³-hybridized carbons (Fsp3) is 0.471. The van der Waals surface area contributed by atoms with E-state index in [2.05, 4.69) is 38.7 Å². The van der Waals surface area contributed by atoms with Gasteiger partial charge in [-0.2, -0.15) is 5.10 Å². The molecule has 0 fully saturated rings. The molecule has 2 rings (SSSR count). The van der Waals surface area contributed by atoms with Crippen molar-refractivity contribution in [2.75, 3.05) is 20.2 Å². The highest BCUT2D eigenvalue weighted by Gasteiger charge is 2.11. The molecule has 7 nitrogen and oxygen atoms in total. The van der Waals surface area contributed by atoms with Crippen LogP contribution in [0.2, 0.25) is 0 Å². The van der Waals surface area contributed by atoms with E-state index >= 15 is 0 Å². The minimum Gasteiger partial charge on any atom is -0.496 e. The minimum absolute atomic E-state index is 0. The molecule has 25 heavy (non-hydrogen) atoms. The van der Waals surface area contributed by atoms with E-state index in [4.69, 9.17) is 4.74 Å². The summed E-state index contributed by atoms with van der Waals surface area (Å²) >= 11 is 0. The molecule has 1 aromatic heterocycles. The number of rotatable bonds is 7. The molecular weight excluding hydrogens is 431 g/mol. The molecule has 1 unspecified atom stereocenters. The Bertz CT molecular complexity index is 673. The maximum absolute atomic E-state index is 5.44. The average molecular weight is 458 g/mol. The summed E-state index contributed by atoms with van der Waals surface area (Å²) < 4.78 is 7.17. The Morgan fingerprint density at radius 1 is 1.32 bits per heavy atom. The SMILES string of the molecule is CCNC(=NCc1ncnn1C)NCC(C)c1ccccc1OC.I. The van der Waals surface area contributed by atoms with Gasteiger partial charge in [-0.3, -0.25) is 4.68 Å². The Morgan fingerprint density at radius 2 is 2.08 bits per heavy atom. The highest BCUT2D eigenvalue weighted by molar-refractivity contribution is 14.0. The van der Waals surface area contributed by atoms with Crippen LogP contribution < -0.4 is 15.4 Å². The second-order valence-corrected chi connectivity index (χ2v) is 5.52. The van der Waals surface area contributed by atoms with Gasteiger partial charge in [0.15, 0.2) is 5.96 Å². The molecule has 2 N–H and O–H groups in total. The van der Waals surface area contributed by atoms with Crippen LogP contribution in [0.1, 0.15) is 31.2 Å². The van der Waals surface area contributed by atoms with Crippen LogP contribution in [0.4, 0.5) is 0 Å². The third kappa shape index (κ3) is 6.18. The van der Waals surface area contributed by atoms with E-state index in [1.165, 1.54) is 11.9 Å². The number of nitrogens with one attached hydrogen (secondary N) is 2. The van der Waals surface area contributed by atoms with Gasteiger partial charge < -0.3 is 15.4 Å². The molecule has 8 heteroatoms. The summed E-state index contributed by atoms with van der Waals surface area (Å²) in [4.78, 5) is 8.75. The zero-order valence-electron chi connectivity index (χ0n) is 15.2. The van der Waals surface area contributed by atoms with Crippen molar-refractivity contribution in [2.45, 2.75) is 26.3 Å². The Kier molecular flexibility index (Phi) is 9.25. The fourth-order valence-corrected chi connectivity index (χ4v) is 2.39. The first-order chi connectivity index (χ1) is 11.7. The number of ether oxygens (including phenoxy) is 1. The Balaban J connectivity index is 0.00000312. The van der Waals surface area contributed by atoms with E-state index in [1.54, 1.807) is 11.8 Å². The summed E-state index contributed by atoms with van der Waals surface area (Å²) in [6, 6.07) is 8.09. The van der Waals surface area contributed by atoms with E-state index in [-0.39, 0.29) is 24.0 Å². The number of hydrogen-bond donors (Lipinski definition) is 2. The van der Waals surface area contributed by atoms with Crippen LogP contribution in [-0.2, 0) is 13.6 Å². The molecule has 0 amide bonds. The quantitative estimate of drug-likeness (QED) is 0.379. The first-order valence-electron chi connectivity index (χ1n) is 8.13. The van der Waals surface area contributed by atoms with Crippen molar-refractivity contribution in [3.8, 4) is 5.75 Å². The van der Waals surface area contributed by atoms with Crippen LogP contribution in [-0.4, -0.2) is 40.9 Å². The molecule has 0 aliphatic carbocycles. The van der Waals surface area contributed by atoms with Gasteiger partial charge in [0.2, 0.25) is 0 Å². The van der Waals surface area contributed by atoms with E-state index < -0.39 is 0 Å². The number of halogens is 1. The lowest BCUT2D eigenvalue weighted by Crippen LogP contribution is -2.39. The molecule has 1 aromatic carbocycles. The van der Waals surface area contributed by atoms with Crippen molar-refractivity contribution in [3.63, 3.8) is 0 Å². The molecular formula is C17H27IN6O. The van der Waals surface area contributed by atoms with Gasteiger partial charge in [0, 0.05) is 26.1 Å². The monoisotopic (exact) mass is 458 g/mol. The van der Waals surface area contributed by atoms with Crippen LogP contribution in [0.3, 0.4) is 0 Å². The highest BCUT2D eigenvalue weighted by Crippen LogP contribution is 2.25. The van der Waals surface area contributed by atoms with Crippen LogP contribution in [0, 0.1) is 0 Å². The molecule has 0 radical (unpaired) electrons. The van der Waals surface area contributed by atoms with Crippen molar-refractivity contribution in [2.24, 2.45) is 12.0 Å². The number of aliphatic imine (C=N–C) groups is 1. The molecule has 1 heterocycles. The van der Waals surface area contributed by atoms with Gasteiger partial charge in [0.1, 0.15) is 24.4 Å². The number of nitrogens with zero attached hydrogens (tertiary/aromatic N) is 4. The molecule has 2 aromatic rings. The molecule has 0 saturated heterocycles. The van der Waals surface area contributed by atoms with Gasteiger partial charge in [0.25, 0.3) is 0 Å². The summed E-state index contributed by atoms with van der Waals surface area (Å²) in [6.45, 7) is 6.24. The van der Waals surface area contributed by atoms with Gasteiger partial charge >= 0.3 is 0 Å². The van der Waals surface area contributed by atoms with E-state index in [1.807, 2.05) is 32.2 Å². The van der Waals surface area contributed by atoms with Gasteiger partial charge in [-0.1, -0.05) is 25.1 Å². The van der Waals surface area contributed by atoms with Crippen LogP contribution in [0.5, 0.6) is 5.75 Å². The van der Waals surface area contributed by atoms with Crippen molar-refractivity contribution < 1.29 is 4.74 Å². The zero-order valence-corrected chi connectivity index (χ0v) is 17.5. The van der Waals surface area contributed by atoms with Crippen molar-refractivity contribution in [1.82, 2.24) is 25.4 Å². The van der Waals surface area contributed by atoms with Crippen LogP contribution in [0.25, 0.3) is 0 Å². The van der Waals surface area contributed by atoms with Crippen LogP contribution in [0.15, 0.2) is 35.6 Å². The lowest BCUT2D eigenvalue weighted by atomic mass is 10.0. The Labute approximate surface area is 166 Å². The molecule has 0 bridgehead atoms. The minimum atomic E-state index is 0. The topological polar surface area (TPSA) is 76.4 Å². The third-order valence-electron chi connectivity index (χ3n) is 3.77. The van der Waals surface area contributed by atoms with Crippen molar-refractivity contribution in [1.29, 1.82) is 0 Å². The molecule has 0 spiro atoms. The van der Waals surface area contributed by atoms with Crippen LogP contribution >= 0.6 is 24.0 Å². The fourth-order valence-electron chi connectivity index (χ4n) is 2.39. The van der Waals surface area contributed by atoms with Gasteiger partial charge in [-0.05, 0) is 18.6 Å². The number of aryl methyl sites for hydroxylation is 1. The predicted molar refractivity (Wildman–Crippen MR) is 111 cm³/mol. The normalized spacial score (nSPS) is 12.2. The first kappa shape index (κ1) is 21.2. The first-order valence-corrected chi connectivity index (χ1v) is 8.13. The second-order valence-electron chi connectivity index (χ2n) is 5.52. The number of methoxy groups -OCH3 is 1. The second kappa shape index (κ2) is 10.9. The summed E-state index contributed by atoms with van der Waals surface area (Å²) in [7, 11) is 3.56. The highest BCUT2D eigenvalue weighted by atomic mass is 127. The lowest BCUT2D eigenvalue weighted by molar-refractivity contribution is 0.406. The molecule has 138 valence electrons. The number of benzene rings is 1. The van der Waals surface area contributed by atoms with E-state index in [9.17, 15) is 0 Å². The van der Waals surface area contributed by atoms with Gasteiger partial charge in [0.05, 0.1) is 7.11 Å². The molecule has 0 aliphatic heterocycles. The van der Waals surface area contributed by atoms with Gasteiger partial charge in [-0.25, -0.2) is 9.98 Å². The number of aromatic nitrogens is 3. The zero-order chi connectivity index (χ0) is 17.4. The maximum atomic E-state index is 5.44. The average Bonchev–Trinajstić information content (AvgIpc) is 3.02. The maximum Gasteiger partial charge on any atom is 0.191 e. The smallest absolute Gasteiger partial charge is 0.191 e. The standard InChI is InChI=1S/C17H26N6O.HI/c1-5-18-17(20-11-16-21-12-22-23(16)3)19-10-13(2)14-8-6-7-9-15(14)24-4;/h6-9,12-13H,5,10-11H2,1-4H3,(H2,18,19,20);1H. The Morgan fingerprint density at radius 3 is 2.72 bits per heavy atom. The molecule has 0 aliphatic rings. The molecule has 1 atom stereocenters. The van der Waals surface area contributed by atoms with Gasteiger partial charge in [-0.15, -0.1) is 24.0 Å². The summed E-state index contributed by atoms with van der Waals surface area (Å²) in [5.74, 6) is 2.79. The molecule has 0 saturated carbocycles. The number of hydrogen-bond acceptors (Lipinski definition) is 4. The Hall–Kier alpha value is -1.84. The van der Waals surface area contributed by atoms with E-state index in [0.29, 0.717) is 12.5 Å². The van der Waals surface area contributed by atoms with Crippen molar-refractivity contribution >= 4 is 29.9 Å². The number of guanidine groups is 1. The predicted octanol–water partition coefficient (Wildman–Crippen LogP) is 2.30.